The number of carbonyl (C=O) groups excluding carboxylic acids is 2. The number of amides is 2. The molecule has 6 nitrogen and oxygen atoms in total. The number of carbonyl (C=O) groups is 2. The molecule has 2 fully saturated rings. The fraction of sp³-hybridized carbons (Fsp3) is 0.650. The zero-order valence-corrected chi connectivity index (χ0v) is 15.5. The topological polar surface area (TPSA) is 74.3 Å². The molecule has 6 heteroatoms. The van der Waals surface area contributed by atoms with Gasteiger partial charge in [0.25, 0.3) is 0 Å². The Labute approximate surface area is 155 Å². The number of nitrogens with one attached hydrogen (secondary N) is 2. The van der Waals surface area contributed by atoms with E-state index in [1.165, 1.54) is 6.42 Å². The summed E-state index contributed by atoms with van der Waals surface area (Å²) in [6.07, 6.45) is 9.41. The van der Waals surface area contributed by atoms with E-state index in [9.17, 15) is 9.59 Å². The van der Waals surface area contributed by atoms with E-state index in [0.717, 1.165) is 63.9 Å². The van der Waals surface area contributed by atoms with E-state index in [-0.39, 0.29) is 6.04 Å². The van der Waals surface area contributed by atoms with Gasteiger partial charge in [0, 0.05) is 25.3 Å². The average Bonchev–Trinajstić information content (AvgIpc) is 2.69. The standard InChI is InChI=1S/C20H30N4O2/c25-19(20(26)23-17-6-2-1-3-7-17)22-14-16-9-12-24(13-10-16)15-18-8-4-5-11-21-18/h4-5,8,11,16-17H,1-3,6-7,9-10,12-15H2,(H,22,25)(H,23,26). The third kappa shape index (κ3) is 5.80. The number of pyridine rings is 1. The van der Waals surface area contributed by atoms with Crippen LogP contribution in [0.5, 0.6) is 0 Å². The maximum Gasteiger partial charge on any atom is 0.309 e. The predicted molar refractivity (Wildman–Crippen MR) is 100 cm³/mol. The largest absolute Gasteiger partial charge is 0.348 e. The minimum atomic E-state index is -0.480. The highest BCUT2D eigenvalue weighted by molar-refractivity contribution is 6.35. The zero-order valence-electron chi connectivity index (χ0n) is 15.5. The molecule has 2 heterocycles. The molecule has 26 heavy (non-hydrogen) atoms. The second-order valence-electron chi connectivity index (χ2n) is 7.56. The van der Waals surface area contributed by atoms with Gasteiger partial charge in [-0.25, -0.2) is 0 Å². The third-order valence-corrected chi connectivity index (χ3v) is 5.52. The van der Waals surface area contributed by atoms with Gasteiger partial charge in [0.1, 0.15) is 0 Å². The summed E-state index contributed by atoms with van der Waals surface area (Å²) in [4.78, 5) is 30.8. The molecule has 1 saturated carbocycles. The Morgan fingerprint density at radius 1 is 1.04 bits per heavy atom. The van der Waals surface area contributed by atoms with Crippen LogP contribution in [0.1, 0.15) is 50.6 Å². The van der Waals surface area contributed by atoms with Crippen molar-refractivity contribution in [3.8, 4) is 0 Å². The Bertz CT molecular complexity index is 579. The lowest BCUT2D eigenvalue weighted by atomic mass is 9.95. The fourth-order valence-corrected chi connectivity index (χ4v) is 3.88. The third-order valence-electron chi connectivity index (χ3n) is 5.52. The molecule has 1 aliphatic heterocycles. The van der Waals surface area contributed by atoms with Crippen LogP contribution in [0.3, 0.4) is 0 Å². The van der Waals surface area contributed by atoms with Crippen molar-refractivity contribution in [3.63, 3.8) is 0 Å². The molecule has 0 spiro atoms. The fourth-order valence-electron chi connectivity index (χ4n) is 3.88. The predicted octanol–water partition coefficient (Wildman–Crippen LogP) is 1.86. The lowest BCUT2D eigenvalue weighted by Gasteiger charge is -2.31. The number of hydrogen-bond donors (Lipinski definition) is 2. The van der Waals surface area contributed by atoms with Gasteiger partial charge in [-0.05, 0) is 56.8 Å². The molecule has 0 bridgehead atoms. The van der Waals surface area contributed by atoms with Crippen molar-refractivity contribution in [3.05, 3.63) is 30.1 Å². The smallest absolute Gasteiger partial charge is 0.309 e. The summed E-state index contributed by atoms with van der Waals surface area (Å²) in [6.45, 7) is 3.48. The summed E-state index contributed by atoms with van der Waals surface area (Å²) >= 11 is 0. The van der Waals surface area contributed by atoms with Crippen LogP contribution >= 0.6 is 0 Å². The molecule has 1 saturated heterocycles. The monoisotopic (exact) mass is 358 g/mol. The summed E-state index contributed by atoms with van der Waals surface area (Å²) in [6, 6.07) is 6.18. The SMILES string of the molecule is O=C(NCC1CCN(Cc2ccccn2)CC1)C(=O)NC1CCCCC1. The van der Waals surface area contributed by atoms with Crippen LogP contribution in [-0.2, 0) is 16.1 Å². The van der Waals surface area contributed by atoms with Crippen LogP contribution < -0.4 is 10.6 Å². The van der Waals surface area contributed by atoms with Crippen LogP contribution in [0.15, 0.2) is 24.4 Å². The average molecular weight is 358 g/mol. The number of piperidine rings is 1. The maximum absolute atomic E-state index is 12.0. The number of likely N-dealkylation sites (tertiary alicyclic amines) is 1. The Morgan fingerprint density at radius 3 is 2.50 bits per heavy atom. The van der Waals surface area contributed by atoms with Gasteiger partial charge >= 0.3 is 11.8 Å². The van der Waals surface area contributed by atoms with E-state index >= 15 is 0 Å². The first-order valence-corrected chi connectivity index (χ1v) is 9.91. The minimum Gasteiger partial charge on any atom is -0.348 e. The number of aromatic nitrogens is 1. The molecule has 1 aromatic heterocycles. The minimum absolute atomic E-state index is 0.178. The molecule has 2 N–H and O–H groups in total. The molecule has 0 aromatic carbocycles. The molecular formula is C20H30N4O2. The Morgan fingerprint density at radius 2 is 1.81 bits per heavy atom. The first-order valence-electron chi connectivity index (χ1n) is 9.91. The normalized spacial score (nSPS) is 19.8. The van der Waals surface area contributed by atoms with Gasteiger partial charge < -0.3 is 10.6 Å². The van der Waals surface area contributed by atoms with Crippen molar-refractivity contribution >= 4 is 11.8 Å². The number of rotatable bonds is 5. The lowest BCUT2D eigenvalue weighted by molar-refractivity contribution is -0.139. The Balaban J connectivity index is 1.32. The maximum atomic E-state index is 12.0. The summed E-state index contributed by atoms with van der Waals surface area (Å²) in [5, 5.41) is 5.70. The highest BCUT2D eigenvalue weighted by Gasteiger charge is 2.23. The van der Waals surface area contributed by atoms with Crippen LogP contribution in [-0.4, -0.2) is 47.4 Å². The van der Waals surface area contributed by atoms with Gasteiger partial charge in [-0.3, -0.25) is 19.5 Å². The van der Waals surface area contributed by atoms with Gasteiger partial charge in [-0.1, -0.05) is 25.3 Å². The second-order valence-corrected chi connectivity index (χ2v) is 7.56. The number of hydrogen-bond acceptors (Lipinski definition) is 4. The lowest BCUT2D eigenvalue weighted by Crippen LogP contribution is -2.47. The van der Waals surface area contributed by atoms with Gasteiger partial charge in [0.15, 0.2) is 0 Å². The van der Waals surface area contributed by atoms with Crippen molar-refractivity contribution < 1.29 is 9.59 Å². The quantitative estimate of drug-likeness (QED) is 0.788. The van der Waals surface area contributed by atoms with E-state index in [2.05, 4.69) is 26.6 Å². The van der Waals surface area contributed by atoms with Crippen LogP contribution in [0.4, 0.5) is 0 Å². The zero-order chi connectivity index (χ0) is 18.2. The van der Waals surface area contributed by atoms with Crippen LogP contribution in [0.2, 0.25) is 0 Å². The molecule has 0 unspecified atom stereocenters. The van der Waals surface area contributed by atoms with E-state index < -0.39 is 11.8 Å². The Kier molecular flexibility index (Phi) is 7.00. The van der Waals surface area contributed by atoms with E-state index in [4.69, 9.17) is 0 Å². The van der Waals surface area contributed by atoms with E-state index in [0.29, 0.717) is 12.5 Å². The van der Waals surface area contributed by atoms with Crippen molar-refractivity contribution in [1.82, 2.24) is 20.5 Å². The molecule has 1 aromatic rings. The van der Waals surface area contributed by atoms with Crippen LogP contribution in [0.25, 0.3) is 0 Å². The van der Waals surface area contributed by atoms with Gasteiger partial charge in [0.2, 0.25) is 0 Å². The molecule has 3 rings (SSSR count). The van der Waals surface area contributed by atoms with Crippen molar-refractivity contribution in [1.29, 1.82) is 0 Å². The summed E-state index contributed by atoms with van der Waals surface area (Å²) < 4.78 is 0. The van der Waals surface area contributed by atoms with E-state index in [1.807, 2.05) is 18.3 Å². The molecule has 2 aliphatic rings. The second kappa shape index (κ2) is 9.67. The van der Waals surface area contributed by atoms with Crippen molar-refractivity contribution in [2.24, 2.45) is 5.92 Å². The first kappa shape index (κ1) is 18.8. The van der Waals surface area contributed by atoms with Gasteiger partial charge in [-0.2, -0.15) is 0 Å². The summed E-state index contributed by atoms with van der Waals surface area (Å²) in [7, 11) is 0. The first-order chi connectivity index (χ1) is 12.7. The summed E-state index contributed by atoms with van der Waals surface area (Å²) in [5.74, 6) is -0.502. The Hall–Kier alpha value is -1.95. The van der Waals surface area contributed by atoms with Crippen molar-refractivity contribution in [2.75, 3.05) is 19.6 Å². The molecule has 0 atom stereocenters. The molecule has 1 aliphatic carbocycles. The molecule has 142 valence electrons. The molecule has 0 radical (unpaired) electrons. The highest BCUT2D eigenvalue weighted by Crippen LogP contribution is 2.18. The molecule has 2 amide bonds. The van der Waals surface area contributed by atoms with E-state index in [1.54, 1.807) is 0 Å². The van der Waals surface area contributed by atoms with Gasteiger partial charge in [-0.15, -0.1) is 0 Å². The number of nitrogens with zero attached hydrogens (tertiary/aromatic N) is 2. The van der Waals surface area contributed by atoms with Gasteiger partial charge in [0.05, 0.1) is 5.69 Å². The van der Waals surface area contributed by atoms with Crippen molar-refractivity contribution in [2.45, 2.75) is 57.5 Å². The summed E-state index contributed by atoms with van der Waals surface area (Å²) in [5.41, 5.74) is 1.10. The van der Waals surface area contributed by atoms with Crippen LogP contribution in [0, 0.1) is 5.92 Å². The molecular weight excluding hydrogens is 328 g/mol. The highest BCUT2D eigenvalue weighted by atomic mass is 16.2.